The van der Waals surface area contributed by atoms with Crippen molar-refractivity contribution in [2.24, 2.45) is 4.99 Å². The van der Waals surface area contributed by atoms with Crippen LogP contribution in [-0.4, -0.2) is 39.4 Å². The van der Waals surface area contributed by atoms with Crippen LogP contribution in [0.3, 0.4) is 0 Å². The van der Waals surface area contributed by atoms with Gasteiger partial charge in [-0.15, -0.1) is 0 Å². The van der Waals surface area contributed by atoms with Gasteiger partial charge in [0.15, 0.2) is 5.96 Å². The fourth-order valence-electron chi connectivity index (χ4n) is 2.32. The first-order chi connectivity index (χ1) is 12.8. The summed E-state index contributed by atoms with van der Waals surface area (Å²) in [5.41, 5.74) is 0.939. The highest BCUT2D eigenvalue weighted by Gasteiger charge is 2.03. The quantitative estimate of drug-likeness (QED) is 0.364. The van der Waals surface area contributed by atoms with Crippen LogP contribution >= 0.6 is 0 Å². The summed E-state index contributed by atoms with van der Waals surface area (Å²) in [6.07, 6.45) is 4.36. The summed E-state index contributed by atoms with van der Waals surface area (Å²) in [6.45, 7) is 4.96. The third kappa shape index (κ3) is 7.61. The standard InChI is InChI=1S/C20H29N3O3/c1-3-11-21-20(22-12-10-18-9-5-14-25-18)23-17-7-4-8-19(16-17)26-15-6-13-24-2/h4-5,7-9,14,16H,3,6,10-13,15H2,1-2H3,(H2,21,22,23). The fourth-order valence-corrected chi connectivity index (χ4v) is 2.32. The van der Waals surface area contributed by atoms with Crippen molar-refractivity contribution < 1.29 is 13.9 Å². The Morgan fingerprint density at radius 2 is 2.12 bits per heavy atom. The SMILES string of the molecule is CCCN=C(NCCc1ccco1)Nc1cccc(OCCCOC)c1. The summed E-state index contributed by atoms with van der Waals surface area (Å²) in [5, 5.41) is 6.68. The van der Waals surface area contributed by atoms with Crippen molar-refractivity contribution in [3.05, 3.63) is 48.4 Å². The lowest BCUT2D eigenvalue weighted by molar-refractivity contribution is 0.172. The summed E-state index contributed by atoms with van der Waals surface area (Å²) in [4.78, 5) is 4.58. The number of guanidine groups is 1. The van der Waals surface area contributed by atoms with Crippen molar-refractivity contribution in [3.8, 4) is 5.75 Å². The minimum atomic E-state index is 0.634. The maximum Gasteiger partial charge on any atom is 0.195 e. The van der Waals surface area contributed by atoms with Gasteiger partial charge in [0.2, 0.25) is 0 Å². The van der Waals surface area contributed by atoms with E-state index in [9.17, 15) is 0 Å². The van der Waals surface area contributed by atoms with E-state index in [4.69, 9.17) is 13.9 Å². The van der Waals surface area contributed by atoms with Gasteiger partial charge in [-0.2, -0.15) is 0 Å². The Balaban J connectivity index is 1.87. The van der Waals surface area contributed by atoms with Crippen molar-refractivity contribution in [1.29, 1.82) is 0 Å². The van der Waals surface area contributed by atoms with E-state index in [2.05, 4.69) is 22.5 Å². The highest BCUT2D eigenvalue weighted by molar-refractivity contribution is 5.93. The molecule has 26 heavy (non-hydrogen) atoms. The average Bonchev–Trinajstić information content (AvgIpc) is 3.17. The first-order valence-electron chi connectivity index (χ1n) is 9.11. The van der Waals surface area contributed by atoms with Crippen molar-refractivity contribution in [1.82, 2.24) is 5.32 Å². The van der Waals surface area contributed by atoms with Crippen LogP contribution in [0.5, 0.6) is 5.75 Å². The summed E-state index contributed by atoms with van der Waals surface area (Å²) >= 11 is 0. The number of nitrogens with zero attached hydrogens (tertiary/aromatic N) is 1. The molecule has 1 heterocycles. The van der Waals surface area contributed by atoms with Crippen LogP contribution in [-0.2, 0) is 11.2 Å². The third-order valence-electron chi connectivity index (χ3n) is 3.60. The molecule has 0 spiro atoms. The predicted octanol–water partition coefficient (Wildman–Crippen LogP) is 3.71. The Labute approximate surface area is 155 Å². The second kappa shape index (κ2) is 12.0. The molecule has 0 saturated carbocycles. The molecule has 0 amide bonds. The number of rotatable bonds is 11. The molecule has 0 fully saturated rings. The van der Waals surface area contributed by atoms with E-state index >= 15 is 0 Å². The predicted molar refractivity (Wildman–Crippen MR) is 105 cm³/mol. The van der Waals surface area contributed by atoms with Crippen LogP contribution in [0.25, 0.3) is 0 Å². The molecule has 0 aliphatic heterocycles. The number of hydrogen-bond acceptors (Lipinski definition) is 4. The molecular weight excluding hydrogens is 330 g/mol. The van der Waals surface area contributed by atoms with Gasteiger partial charge in [-0.25, -0.2) is 0 Å². The summed E-state index contributed by atoms with van der Waals surface area (Å²) < 4.78 is 16.1. The molecule has 6 heteroatoms. The number of ether oxygens (including phenoxy) is 2. The Morgan fingerprint density at radius 1 is 1.19 bits per heavy atom. The highest BCUT2D eigenvalue weighted by atomic mass is 16.5. The minimum Gasteiger partial charge on any atom is -0.493 e. The van der Waals surface area contributed by atoms with Gasteiger partial charge in [-0.1, -0.05) is 13.0 Å². The topological polar surface area (TPSA) is 68.0 Å². The minimum absolute atomic E-state index is 0.634. The number of aliphatic imine (C=N–C) groups is 1. The number of benzene rings is 1. The third-order valence-corrected chi connectivity index (χ3v) is 3.60. The Bertz CT molecular complexity index is 642. The zero-order valence-corrected chi connectivity index (χ0v) is 15.7. The first-order valence-corrected chi connectivity index (χ1v) is 9.11. The lowest BCUT2D eigenvalue weighted by Crippen LogP contribution is -2.32. The van der Waals surface area contributed by atoms with Crippen molar-refractivity contribution >= 4 is 11.6 Å². The molecule has 2 rings (SSSR count). The van der Waals surface area contributed by atoms with Gasteiger partial charge < -0.3 is 24.5 Å². The van der Waals surface area contributed by atoms with Crippen molar-refractivity contribution in [2.75, 3.05) is 38.7 Å². The van der Waals surface area contributed by atoms with Crippen LogP contribution in [0.2, 0.25) is 0 Å². The zero-order chi connectivity index (χ0) is 18.5. The molecule has 0 radical (unpaired) electrons. The van der Waals surface area contributed by atoms with Crippen LogP contribution in [0.1, 0.15) is 25.5 Å². The lowest BCUT2D eigenvalue weighted by Gasteiger charge is -2.13. The molecule has 1 aromatic heterocycles. The van der Waals surface area contributed by atoms with E-state index in [1.165, 1.54) is 0 Å². The first kappa shape index (κ1) is 19.8. The molecule has 0 aliphatic rings. The van der Waals surface area contributed by atoms with E-state index in [0.717, 1.165) is 55.5 Å². The van der Waals surface area contributed by atoms with Gasteiger partial charge in [-0.3, -0.25) is 4.99 Å². The number of methoxy groups -OCH3 is 1. The van der Waals surface area contributed by atoms with E-state index in [0.29, 0.717) is 13.2 Å². The van der Waals surface area contributed by atoms with Crippen LogP contribution in [0, 0.1) is 0 Å². The van der Waals surface area contributed by atoms with E-state index in [1.807, 2.05) is 36.4 Å². The number of anilines is 1. The number of hydrogen-bond donors (Lipinski definition) is 2. The molecule has 2 aromatic rings. The highest BCUT2D eigenvalue weighted by Crippen LogP contribution is 2.17. The van der Waals surface area contributed by atoms with Crippen molar-refractivity contribution in [3.63, 3.8) is 0 Å². The molecule has 0 bridgehead atoms. The van der Waals surface area contributed by atoms with Crippen LogP contribution in [0.4, 0.5) is 5.69 Å². The maximum atomic E-state index is 5.75. The van der Waals surface area contributed by atoms with Gasteiger partial charge in [-0.05, 0) is 30.7 Å². The molecule has 142 valence electrons. The number of nitrogens with one attached hydrogen (secondary N) is 2. The van der Waals surface area contributed by atoms with Gasteiger partial charge in [0, 0.05) is 51.4 Å². The monoisotopic (exact) mass is 359 g/mol. The largest absolute Gasteiger partial charge is 0.493 e. The Morgan fingerprint density at radius 3 is 2.88 bits per heavy atom. The van der Waals surface area contributed by atoms with E-state index < -0.39 is 0 Å². The van der Waals surface area contributed by atoms with E-state index in [-0.39, 0.29) is 0 Å². The van der Waals surface area contributed by atoms with Gasteiger partial charge in [0.25, 0.3) is 0 Å². The molecule has 0 saturated heterocycles. The maximum absolute atomic E-state index is 5.75. The van der Waals surface area contributed by atoms with E-state index in [1.54, 1.807) is 13.4 Å². The molecular formula is C20H29N3O3. The van der Waals surface area contributed by atoms with Crippen LogP contribution in [0.15, 0.2) is 52.1 Å². The molecule has 1 aromatic carbocycles. The summed E-state index contributed by atoms with van der Waals surface area (Å²) in [5.74, 6) is 2.55. The van der Waals surface area contributed by atoms with Crippen molar-refractivity contribution in [2.45, 2.75) is 26.2 Å². The second-order valence-electron chi connectivity index (χ2n) is 5.83. The molecule has 0 unspecified atom stereocenters. The van der Waals surface area contributed by atoms with Crippen LogP contribution < -0.4 is 15.4 Å². The second-order valence-corrected chi connectivity index (χ2v) is 5.83. The normalized spacial score (nSPS) is 11.4. The molecule has 0 aliphatic carbocycles. The van der Waals surface area contributed by atoms with Gasteiger partial charge >= 0.3 is 0 Å². The summed E-state index contributed by atoms with van der Waals surface area (Å²) in [6, 6.07) is 11.8. The molecule has 6 nitrogen and oxygen atoms in total. The molecule has 0 atom stereocenters. The summed E-state index contributed by atoms with van der Waals surface area (Å²) in [7, 11) is 1.70. The van der Waals surface area contributed by atoms with Gasteiger partial charge in [0.1, 0.15) is 11.5 Å². The van der Waals surface area contributed by atoms with Gasteiger partial charge in [0.05, 0.1) is 12.9 Å². The Kier molecular flexibility index (Phi) is 9.14. The smallest absolute Gasteiger partial charge is 0.195 e. The zero-order valence-electron chi connectivity index (χ0n) is 15.7. The number of furan rings is 1. The Hall–Kier alpha value is -2.47. The average molecular weight is 359 g/mol. The fraction of sp³-hybridized carbons (Fsp3) is 0.450. The molecule has 2 N–H and O–H groups in total. The lowest BCUT2D eigenvalue weighted by atomic mass is 10.3.